The minimum Gasteiger partial charge on any atom is -0.474 e. The van der Waals surface area contributed by atoms with Gasteiger partial charge in [-0.05, 0) is 45.2 Å². The standard InChI is InChI=1S/C25H31F3N4O7/c1-24(2,3)39-23(35)32-10-14(11-32)9-15-7-8-20(31-30-15)37-12-16-21(33)22(34)17(13-36-16)38-19-6-4-5-18(29-19)25(26,27)28/h4-8,14,16-17,21-22,33-34H,9-13H2,1-3H3/t16-,17+,21+,22-/m1/s1. The highest BCUT2D eigenvalue weighted by Gasteiger charge is 2.41. The molecule has 0 spiro atoms. The van der Waals surface area contributed by atoms with Gasteiger partial charge < -0.3 is 34.1 Å². The molecule has 2 fully saturated rings. The first-order valence-corrected chi connectivity index (χ1v) is 12.4. The number of aliphatic hydroxyl groups excluding tert-OH is 2. The van der Waals surface area contributed by atoms with Crippen molar-refractivity contribution in [1.82, 2.24) is 20.1 Å². The van der Waals surface area contributed by atoms with Crippen LogP contribution in [0.4, 0.5) is 18.0 Å². The number of halogens is 3. The zero-order valence-corrected chi connectivity index (χ0v) is 21.7. The van der Waals surface area contributed by atoms with E-state index in [1.54, 1.807) is 17.0 Å². The van der Waals surface area contributed by atoms with Crippen molar-refractivity contribution in [2.24, 2.45) is 5.92 Å². The molecule has 0 aromatic carbocycles. The number of nitrogens with zero attached hydrogens (tertiary/aromatic N) is 4. The molecule has 2 saturated heterocycles. The van der Waals surface area contributed by atoms with Crippen LogP contribution in [-0.2, 0) is 22.1 Å². The SMILES string of the molecule is CC(C)(C)OC(=O)N1CC(Cc2ccc(OC[C@H]3OC[C@H](Oc4cccc(C(F)(F)F)n4)[C@@H](O)[C@H]3O)nn2)C1. The summed E-state index contributed by atoms with van der Waals surface area (Å²) in [7, 11) is 0. The van der Waals surface area contributed by atoms with Crippen LogP contribution in [0.1, 0.15) is 32.2 Å². The monoisotopic (exact) mass is 556 g/mol. The molecule has 1 amide bonds. The molecule has 4 rings (SSSR count). The summed E-state index contributed by atoms with van der Waals surface area (Å²) < 4.78 is 60.4. The molecule has 0 bridgehead atoms. The molecule has 11 nitrogen and oxygen atoms in total. The van der Waals surface area contributed by atoms with Gasteiger partial charge in [-0.15, -0.1) is 5.10 Å². The third kappa shape index (κ3) is 7.67. The normalized spacial score (nSPS) is 24.2. The zero-order chi connectivity index (χ0) is 28.4. The van der Waals surface area contributed by atoms with Crippen molar-refractivity contribution >= 4 is 6.09 Å². The van der Waals surface area contributed by atoms with Crippen molar-refractivity contribution in [2.45, 2.75) is 63.4 Å². The third-order valence-electron chi connectivity index (χ3n) is 6.07. The Balaban J connectivity index is 1.21. The van der Waals surface area contributed by atoms with Crippen LogP contribution in [-0.4, -0.2) is 92.7 Å². The van der Waals surface area contributed by atoms with Gasteiger partial charge in [0.25, 0.3) is 0 Å². The summed E-state index contributed by atoms with van der Waals surface area (Å²) >= 11 is 0. The second-order valence-corrected chi connectivity index (χ2v) is 10.5. The van der Waals surface area contributed by atoms with E-state index in [0.717, 1.165) is 17.8 Å². The highest BCUT2D eigenvalue weighted by molar-refractivity contribution is 5.69. The van der Waals surface area contributed by atoms with Crippen molar-refractivity contribution in [2.75, 3.05) is 26.3 Å². The van der Waals surface area contributed by atoms with Gasteiger partial charge in [0.15, 0.2) is 6.10 Å². The maximum absolute atomic E-state index is 12.9. The molecule has 14 heteroatoms. The Morgan fingerprint density at radius 1 is 1.08 bits per heavy atom. The number of pyridine rings is 1. The summed E-state index contributed by atoms with van der Waals surface area (Å²) in [4.78, 5) is 17.1. The number of hydrogen-bond acceptors (Lipinski definition) is 10. The van der Waals surface area contributed by atoms with Gasteiger partial charge in [-0.1, -0.05) is 6.07 Å². The summed E-state index contributed by atoms with van der Waals surface area (Å²) in [5, 5.41) is 29.0. The summed E-state index contributed by atoms with van der Waals surface area (Å²) in [5.74, 6) is 0.0703. The number of hydrogen-bond donors (Lipinski definition) is 2. The van der Waals surface area contributed by atoms with Crippen molar-refractivity contribution in [3.05, 3.63) is 41.7 Å². The van der Waals surface area contributed by atoms with Crippen molar-refractivity contribution in [3.8, 4) is 11.8 Å². The van der Waals surface area contributed by atoms with Crippen molar-refractivity contribution < 1.29 is 47.1 Å². The fourth-order valence-corrected chi connectivity index (χ4v) is 4.07. The van der Waals surface area contributed by atoms with Crippen LogP contribution in [0.15, 0.2) is 30.3 Å². The topological polar surface area (TPSA) is 136 Å². The van der Waals surface area contributed by atoms with E-state index in [2.05, 4.69) is 15.2 Å². The molecule has 39 heavy (non-hydrogen) atoms. The first kappa shape index (κ1) is 28.8. The van der Waals surface area contributed by atoms with Crippen LogP contribution in [0.25, 0.3) is 0 Å². The quantitative estimate of drug-likeness (QED) is 0.523. The van der Waals surface area contributed by atoms with E-state index < -0.39 is 41.9 Å². The molecule has 4 heterocycles. The van der Waals surface area contributed by atoms with E-state index in [1.165, 1.54) is 6.07 Å². The molecular weight excluding hydrogens is 525 g/mol. The largest absolute Gasteiger partial charge is 0.474 e. The highest BCUT2D eigenvalue weighted by Crippen LogP contribution is 2.29. The molecule has 2 aromatic rings. The van der Waals surface area contributed by atoms with Gasteiger partial charge in [0.1, 0.15) is 36.2 Å². The van der Waals surface area contributed by atoms with Crippen molar-refractivity contribution in [3.63, 3.8) is 0 Å². The maximum Gasteiger partial charge on any atom is 0.433 e. The molecule has 2 N–H and O–H groups in total. The molecule has 214 valence electrons. The number of rotatable bonds is 7. The highest BCUT2D eigenvalue weighted by atomic mass is 19.4. The fourth-order valence-electron chi connectivity index (χ4n) is 4.07. The fraction of sp³-hybridized carbons (Fsp3) is 0.600. The first-order valence-electron chi connectivity index (χ1n) is 12.4. The molecule has 2 aromatic heterocycles. The lowest BCUT2D eigenvalue weighted by Crippen LogP contribution is -2.56. The van der Waals surface area contributed by atoms with E-state index in [4.69, 9.17) is 18.9 Å². The Labute approximate surface area is 222 Å². The average molecular weight is 557 g/mol. The van der Waals surface area contributed by atoms with Gasteiger partial charge in [0.2, 0.25) is 11.8 Å². The number of ether oxygens (including phenoxy) is 4. The Bertz CT molecular complexity index is 1120. The van der Waals surface area contributed by atoms with Crippen LogP contribution in [0.2, 0.25) is 0 Å². The van der Waals surface area contributed by atoms with E-state index in [1.807, 2.05) is 20.8 Å². The molecule has 0 radical (unpaired) electrons. The summed E-state index contributed by atoms with van der Waals surface area (Å²) in [6.07, 6.45) is -9.33. The lowest BCUT2D eigenvalue weighted by molar-refractivity contribution is -0.187. The summed E-state index contributed by atoms with van der Waals surface area (Å²) in [6, 6.07) is 6.51. The molecule has 0 aliphatic carbocycles. The lowest BCUT2D eigenvalue weighted by atomic mass is 9.95. The molecule has 4 atom stereocenters. The Kier molecular flexibility index (Phi) is 8.47. The summed E-state index contributed by atoms with van der Waals surface area (Å²) in [5.41, 5.74) is -0.955. The van der Waals surface area contributed by atoms with Crippen LogP contribution in [0, 0.1) is 5.92 Å². The van der Waals surface area contributed by atoms with Gasteiger partial charge in [0.05, 0.1) is 12.3 Å². The van der Waals surface area contributed by atoms with Crippen LogP contribution in [0.3, 0.4) is 0 Å². The van der Waals surface area contributed by atoms with E-state index >= 15 is 0 Å². The first-order chi connectivity index (χ1) is 18.3. The Hall–Kier alpha value is -3.23. The average Bonchev–Trinajstić information content (AvgIpc) is 2.83. The number of amides is 1. The molecule has 0 saturated carbocycles. The lowest BCUT2D eigenvalue weighted by Gasteiger charge is -2.39. The van der Waals surface area contributed by atoms with E-state index in [0.29, 0.717) is 19.5 Å². The zero-order valence-electron chi connectivity index (χ0n) is 21.7. The third-order valence-corrected chi connectivity index (χ3v) is 6.07. The van der Waals surface area contributed by atoms with E-state index in [9.17, 15) is 28.2 Å². The number of aliphatic hydroxyl groups is 2. The number of carbonyl (C=O) groups is 1. The number of aromatic nitrogens is 3. The van der Waals surface area contributed by atoms with Gasteiger partial charge in [-0.3, -0.25) is 0 Å². The Morgan fingerprint density at radius 2 is 1.82 bits per heavy atom. The molecular formula is C25H31F3N4O7. The number of carbonyl (C=O) groups excluding carboxylic acids is 1. The predicted molar refractivity (Wildman–Crippen MR) is 128 cm³/mol. The Morgan fingerprint density at radius 3 is 2.46 bits per heavy atom. The van der Waals surface area contributed by atoms with Crippen LogP contribution < -0.4 is 9.47 Å². The van der Waals surface area contributed by atoms with Gasteiger partial charge in [0, 0.05) is 25.2 Å². The summed E-state index contributed by atoms with van der Waals surface area (Å²) in [6.45, 7) is 6.23. The number of alkyl halides is 3. The minimum atomic E-state index is -4.65. The van der Waals surface area contributed by atoms with E-state index in [-0.39, 0.29) is 37.0 Å². The van der Waals surface area contributed by atoms with Crippen LogP contribution >= 0.6 is 0 Å². The predicted octanol–water partition coefficient (Wildman–Crippen LogP) is 2.25. The maximum atomic E-state index is 12.9. The van der Waals surface area contributed by atoms with Gasteiger partial charge >= 0.3 is 12.3 Å². The van der Waals surface area contributed by atoms with Crippen molar-refractivity contribution in [1.29, 1.82) is 0 Å². The number of likely N-dealkylation sites (tertiary alicyclic amines) is 1. The molecule has 0 unspecified atom stereocenters. The smallest absolute Gasteiger partial charge is 0.433 e. The second-order valence-electron chi connectivity index (χ2n) is 10.5. The molecule has 2 aliphatic heterocycles. The minimum absolute atomic E-state index is 0.158. The van der Waals surface area contributed by atoms with Gasteiger partial charge in [-0.25, -0.2) is 9.78 Å². The van der Waals surface area contributed by atoms with Crippen LogP contribution in [0.5, 0.6) is 11.8 Å². The molecule has 2 aliphatic rings. The second kappa shape index (κ2) is 11.5. The van der Waals surface area contributed by atoms with Gasteiger partial charge in [-0.2, -0.15) is 18.3 Å².